The average Bonchev–Trinajstić information content (AvgIpc) is 2.40. The molecule has 1 unspecified atom stereocenters. The summed E-state index contributed by atoms with van der Waals surface area (Å²) in [7, 11) is 0. The maximum atomic E-state index is 12.9. The molecule has 6 heteroatoms. The van der Waals surface area contributed by atoms with Crippen molar-refractivity contribution in [3.63, 3.8) is 0 Å². The zero-order valence-electron chi connectivity index (χ0n) is 12.7. The number of hydrogen-bond acceptors (Lipinski definition) is 2. The van der Waals surface area contributed by atoms with Crippen molar-refractivity contribution in [3.8, 4) is 0 Å². The van der Waals surface area contributed by atoms with Crippen LogP contribution in [0.3, 0.4) is 0 Å². The maximum Gasteiger partial charge on any atom is 0.255 e. The minimum absolute atomic E-state index is 0.161. The van der Waals surface area contributed by atoms with E-state index in [9.17, 15) is 18.4 Å². The van der Waals surface area contributed by atoms with E-state index in [0.29, 0.717) is 19.3 Å². The Morgan fingerprint density at radius 3 is 2.38 bits per heavy atom. The Morgan fingerprint density at radius 2 is 1.86 bits per heavy atom. The van der Waals surface area contributed by atoms with E-state index in [4.69, 9.17) is 0 Å². The molecule has 0 aromatic carbocycles. The van der Waals surface area contributed by atoms with Gasteiger partial charge < -0.3 is 10.2 Å². The Balaban J connectivity index is 2.26. The van der Waals surface area contributed by atoms with Crippen LogP contribution >= 0.6 is 0 Å². The number of nitrogens with zero attached hydrogens (tertiary/aromatic N) is 1. The van der Waals surface area contributed by atoms with Gasteiger partial charge in [0, 0.05) is 0 Å². The van der Waals surface area contributed by atoms with Gasteiger partial charge in [0.1, 0.15) is 11.6 Å². The molecule has 0 aromatic rings. The number of carbonyl (C=O) groups is 2. The van der Waals surface area contributed by atoms with Gasteiger partial charge in [-0.3, -0.25) is 9.59 Å². The molecule has 120 valence electrons. The van der Waals surface area contributed by atoms with E-state index < -0.39 is 24.6 Å². The molecule has 0 bridgehead atoms. The van der Waals surface area contributed by atoms with E-state index in [0.717, 1.165) is 24.2 Å². The molecule has 2 amide bonds. The summed E-state index contributed by atoms with van der Waals surface area (Å²) < 4.78 is 25.7. The maximum absolute atomic E-state index is 12.9. The van der Waals surface area contributed by atoms with Crippen LogP contribution in [0.5, 0.6) is 0 Å². The molecular formula is C15H24F2N2O2. The molecule has 0 aromatic heterocycles. The van der Waals surface area contributed by atoms with Crippen LogP contribution in [0.2, 0.25) is 0 Å². The van der Waals surface area contributed by atoms with Crippen molar-refractivity contribution >= 4 is 11.8 Å². The SMILES string of the molecule is CC(C)CC1C(=O)NC2(CCCCC2)C(=O)N1CC(F)F. The highest BCUT2D eigenvalue weighted by Crippen LogP contribution is 2.34. The Labute approximate surface area is 124 Å². The van der Waals surface area contributed by atoms with Crippen LogP contribution in [-0.4, -0.2) is 41.3 Å². The zero-order chi connectivity index (χ0) is 15.6. The number of rotatable bonds is 4. The van der Waals surface area contributed by atoms with E-state index in [2.05, 4.69) is 5.32 Å². The summed E-state index contributed by atoms with van der Waals surface area (Å²) in [6.07, 6.45) is 1.65. The quantitative estimate of drug-likeness (QED) is 0.866. The first-order chi connectivity index (χ1) is 9.85. The van der Waals surface area contributed by atoms with Gasteiger partial charge in [0.05, 0.1) is 6.54 Å². The second-order valence-corrected chi connectivity index (χ2v) is 6.63. The van der Waals surface area contributed by atoms with Gasteiger partial charge in [-0.1, -0.05) is 33.1 Å². The molecule has 1 aliphatic carbocycles. The fourth-order valence-corrected chi connectivity index (χ4v) is 3.46. The first-order valence-corrected chi connectivity index (χ1v) is 7.77. The molecule has 1 N–H and O–H groups in total. The molecule has 2 fully saturated rings. The van der Waals surface area contributed by atoms with Crippen LogP contribution in [0.25, 0.3) is 0 Å². The Hall–Kier alpha value is -1.20. The molecule has 0 radical (unpaired) electrons. The number of amides is 2. The summed E-state index contributed by atoms with van der Waals surface area (Å²) in [6, 6.07) is -0.765. The van der Waals surface area contributed by atoms with Crippen molar-refractivity contribution in [1.29, 1.82) is 0 Å². The predicted octanol–water partition coefficient (Wildman–Crippen LogP) is 2.33. The fourth-order valence-electron chi connectivity index (χ4n) is 3.46. The summed E-state index contributed by atoms with van der Waals surface area (Å²) in [6.45, 7) is 3.19. The van der Waals surface area contributed by atoms with Crippen LogP contribution in [-0.2, 0) is 9.59 Å². The summed E-state index contributed by atoms with van der Waals surface area (Å²) in [5, 5.41) is 2.87. The second kappa shape index (κ2) is 6.28. The van der Waals surface area contributed by atoms with Crippen molar-refractivity contribution in [2.75, 3.05) is 6.54 Å². The lowest BCUT2D eigenvalue weighted by Crippen LogP contribution is -2.71. The number of carbonyl (C=O) groups excluding carboxylic acids is 2. The van der Waals surface area contributed by atoms with E-state index in [1.165, 1.54) is 0 Å². The Bertz CT molecular complexity index is 406. The van der Waals surface area contributed by atoms with Gasteiger partial charge in [0.15, 0.2) is 0 Å². The number of alkyl halides is 2. The molecule has 4 nitrogen and oxygen atoms in total. The van der Waals surface area contributed by atoms with Crippen molar-refractivity contribution in [3.05, 3.63) is 0 Å². The second-order valence-electron chi connectivity index (χ2n) is 6.63. The minimum atomic E-state index is -2.62. The molecule has 1 aliphatic heterocycles. The lowest BCUT2D eigenvalue weighted by atomic mass is 9.78. The van der Waals surface area contributed by atoms with Crippen LogP contribution in [0.15, 0.2) is 0 Å². The highest BCUT2D eigenvalue weighted by molar-refractivity contribution is 5.99. The van der Waals surface area contributed by atoms with Crippen LogP contribution in [0.4, 0.5) is 8.78 Å². The van der Waals surface area contributed by atoms with E-state index >= 15 is 0 Å². The van der Waals surface area contributed by atoms with Gasteiger partial charge in [-0.2, -0.15) is 0 Å². The molecule has 21 heavy (non-hydrogen) atoms. The van der Waals surface area contributed by atoms with Gasteiger partial charge >= 0.3 is 0 Å². The number of piperazine rings is 1. The van der Waals surface area contributed by atoms with Gasteiger partial charge in [0.25, 0.3) is 6.43 Å². The van der Waals surface area contributed by atoms with Crippen LogP contribution in [0.1, 0.15) is 52.4 Å². The highest BCUT2D eigenvalue weighted by Gasteiger charge is 2.51. The van der Waals surface area contributed by atoms with Gasteiger partial charge in [-0.05, 0) is 25.2 Å². The van der Waals surface area contributed by atoms with Gasteiger partial charge in [0.2, 0.25) is 11.8 Å². The molecule has 2 aliphatic rings. The van der Waals surface area contributed by atoms with Crippen molar-refractivity contribution in [2.45, 2.75) is 70.4 Å². The van der Waals surface area contributed by atoms with Crippen molar-refractivity contribution in [2.24, 2.45) is 5.92 Å². The Morgan fingerprint density at radius 1 is 1.24 bits per heavy atom. The summed E-state index contributed by atoms with van der Waals surface area (Å²) >= 11 is 0. The molecule has 1 saturated carbocycles. The molecule has 1 spiro atoms. The largest absolute Gasteiger partial charge is 0.340 e. The topological polar surface area (TPSA) is 49.4 Å². The minimum Gasteiger partial charge on any atom is -0.340 e. The third-order valence-corrected chi connectivity index (χ3v) is 4.45. The number of hydrogen-bond donors (Lipinski definition) is 1. The molecule has 1 heterocycles. The lowest BCUT2D eigenvalue weighted by molar-refractivity contribution is -0.159. The summed E-state index contributed by atoms with van der Waals surface area (Å²) in [5.74, 6) is -0.423. The number of nitrogens with one attached hydrogen (secondary N) is 1. The normalized spacial score (nSPS) is 25.8. The molecule has 2 rings (SSSR count). The molecular weight excluding hydrogens is 278 g/mol. The third kappa shape index (κ3) is 3.35. The van der Waals surface area contributed by atoms with Crippen molar-refractivity contribution < 1.29 is 18.4 Å². The smallest absolute Gasteiger partial charge is 0.255 e. The fraction of sp³-hybridized carbons (Fsp3) is 0.867. The highest BCUT2D eigenvalue weighted by atomic mass is 19.3. The lowest BCUT2D eigenvalue weighted by Gasteiger charge is -2.48. The average molecular weight is 302 g/mol. The molecule has 1 saturated heterocycles. The zero-order valence-corrected chi connectivity index (χ0v) is 12.7. The standard InChI is InChI=1S/C15H24F2N2O2/c1-10(2)8-11-13(20)18-15(6-4-3-5-7-15)14(21)19(11)9-12(16)17/h10-12H,3-9H2,1-2H3,(H,18,20). The first kappa shape index (κ1) is 16.2. The van der Waals surface area contributed by atoms with E-state index in [-0.39, 0.29) is 17.7 Å². The summed E-state index contributed by atoms with van der Waals surface area (Å²) in [4.78, 5) is 26.3. The number of halogens is 2. The third-order valence-electron chi connectivity index (χ3n) is 4.45. The first-order valence-electron chi connectivity index (χ1n) is 7.77. The van der Waals surface area contributed by atoms with Crippen molar-refractivity contribution in [1.82, 2.24) is 10.2 Å². The monoisotopic (exact) mass is 302 g/mol. The molecule has 1 atom stereocenters. The van der Waals surface area contributed by atoms with Gasteiger partial charge in [-0.15, -0.1) is 0 Å². The van der Waals surface area contributed by atoms with E-state index in [1.54, 1.807) is 0 Å². The predicted molar refractivity (Wildman–Crippen MR) is 74.9 cm³/mol. The van der Waals surface area contributed by atoms with E-state index in [1.807, 2.05) is 13.8 Å². The van der Waals surface area contributed by atoms with Gasteiger partial charge in [-0.25, -0.2) is 8.78 Å². The van der Waals surface area contributed by atoms with Crippen LogP contribution < -0.4 is 5.32 Å². The Kier molecular flexibility index (Phi) is 4.84. The van der Waals surface area contributed by atoms with Crippen LogP contribution in [0, 0.1) is 5.92 Å². The summed E-state index contributed by atoms with van der Waals surface area (Å²) in [5.41, 5.74) is -0.933.